The van der Waals surface area contributed by atoms with Crippen LogP contribution in [0.25, 0.3) is 0 Å². The first kappa shape index (κ1) is 16.7. The maximum atomic E-state index is 11.7. The van der Waals surface area contributed by atoms with Crippen molar-refractivity contribution >= 4 is 29.1 Å². The molecule has 1 aromatic heterocycles. The van der Waals surface area contributed by atoms with Crippen LogP contribution in [0.1, 0.15) is 17.6 Å². The fraction of sp³-hybridized carbons (Fsp3) is 0.267. The standard InChI is InChI=1S/C15H15Cl2NO4/c1-9-2-4-14(22-9)12(19)7-18-15(20)8-21-13-5-3-10(16)6-11(13)17/h2-6,12,19H,7-8H2,1H3,(H,18,20)/t12-/m1/s1. The van der Waals surface area contributed by atoms with Crippen molar-refractivity contribution in [3.63, 3.8) is 0 Å². The third kappa shape index (κ3) is 4.66. The molecule has 2 rings (SSSR count). The molecule has 0 unspecified atom stereocenters. The number of carbonyl (C=O) groups excluding carboxylic acids is 1. The molecule has 0 aliphatic carbocycles. The van der Waals surface area contributed by atoms with E-state index in [0.717, 1.165) is 0 Å². The number of halogens is 2. The average molecular weight is 344 g/mol. The van der Waals surface area contributed by atoms with Gasteiger partial charge in [0.25, 0.3) is 5.91 Å². The summed E-state index contributed by atoms with van der Waals surface area (Å²) in [5.41, 5.74) is 0. The van der Waals surface area contributed by atoms with Gasteiger partial charge in [-0.3, -0.25) is 4.79 Å². The minimum absolute atomic E-state index is 0.0312. The van der Waals surface area contributed by atoms with Gasteiger partial charge in [0.1, 0.15) is 23.4 Å². The van der Waals surface area contributed by atoms with Crippen molar-refractivity contribution < 1.29 is 19.1 Å². The summed E-state index contributed by atoms with van der Waals surface area (Å²) in [5.74, 6) is 1.08. The van der Waals surface area contributed by atoms with E-state index in [2.05, 4.69) is 5.32 Å². The maximum absolute atomic E-state index is 11.7. The number of hydrogen-bond acceptors (Lipinski definition) is 4. The number of amides is 1. The smallest absolute Gasteiger partial charge is 0.258 e. The van der Waals surface area contributed by atoms with E-state index >= 15 is 0 Å². The second-order valence-electron chi connectivity index (χ2n) is 4.63. The van der Waals surface area contributed by atoms with Gasteiger partial charge in [-0.1, -0.05) is 23.2 Å². The van der Waals surface area contributed by atoms with Crippen molar-refractivity contribution in [3.05, 3.63) is 51.9 Å². The van der Waals surface area contributed by atoms with Gasteiger partial charge in [-0.25, -0.2) is 0 Å². The Morgan fingerprint density at radius 2 is 2.14 bits per heavy atom. The summed E-state index contributed by atoms with van der Waals surface area (Å²) in [6.07, 6.45) is -0.906. The molecule has 5 nitrogen and oxygen atoms in total. The van der Waals surface area contributed by atoms with Crippen molar-refractivity contribution in [2.45, 2.75) is 13.0 Å². The van der Waals surface area contributed by atoms with Gasteiger partial charge in [-0.05, 0) is 37.3 Å². The zero-order valence-electron chi connectivity index (χ0n) is 11.8. The van der Waals surface area contributed by atoms with Crippen LogP contribution in [0, 0.1) is 6.92 Å². The molecular formula is C15H15Cl2NO4. The highest BCUT2D eigenvalue weighted by Gasteiger charge is 2.13. The van der Waals surface area contributed by atoms with Crippen molar-refractivity contribution in [2.75, 3.05) is 13.2 Å². The molecule has 22 heavy (non-hydrogen) atoms. The second-order valence-corrected chi connectivity index (χ2v) is 5.48. The fourth-order valence-corrected chi connectivity index (χ4v) is 2.19. The number of aliphatic hydroxyl groups excluding tert-OH is 1. The maximum Gasteiger partial charge on any atom is 0.258 e. The van der Waals surface area contributed by atoms with Crippen molar-refractivity contribution in [1.82, 2.24) is 5.32 Å². The molecule has 0 saturated heterocycles. The highest BCUT2D eigenvalue weighted by atomic mass is 35.5. The Hall–Kier alpha value is -1.69. The van der Waals surface area contributed by atoms with Crippen molar-refractivity contribution in [2.24, 2.45) is 0 Å². The van der Waals surface area contributed by atoms with Gasteiger partial charge >= 0.3 is 0 Å². The molecule has 0 fully saturated rings. The normalized spacial score (nSPS) is 12.0. The van der Waals surface area contributed by atoms with Crippen LogP contribution in [0.2, 0.25) is 10.0 Å². The van der Waals surface area contributed by atoms with E-state index in [4.69, 9.17) is 32.4 Å². The molecule has 1 heterocycles. The summed E-state index contributed by atoms with van der Waals surface area (Å²) in [5, 5.41) is 13.2. The van der Waals surface area contributed by atoms with Crippen LogP contribution < -0.4 is 10.1 Å². The van der Waals surface area contributed by atoms with Crippen LogP contribution in [-0.2, 0) is 4.79 Å². The van der Waals surface area contributed by atoms with E-state index in [0.29, 0.717) is 27.3 Å². The summed E-state index contributed by atoms with van der Waals surface area (Å²) in [4.78, 5) is 11.7. The number of aliphatic hydroxyl groups is 1. The lowest BCUT2D eigenvalue weighted by atomic mass is 10.3. The molecule has 2 aromatic rings. The highest BCUT2D eigenvalue weighted by molar-refractivity contribution is 6.35. The van der Waals surface area contributed by atoms with Gasteiger partial charge < -0.3 is 19.6 Å². The Morgan fingerprint density at radius 1 is 1.36 bits per heavy atom. The Bertz CT molecular complexity index is 657. The van der Waals surface area contributed by atoms with Gasteiger partial charge in [0, 0.05) is 5.02 Å². The molecule has 0 radical (unpaired) electrons. The highest BCUT2D eigenvalue weighted by Crippen LogP contribution is 2.27. The molecule has 0 aliphatic rings. The number of carbonyl (C=O) groups is 1. The van der Waals surface area contributed by atoms with Crippen LogP contribution in [0.4, 0.5) is 0 Å². The van der Waals surface area contributed by atoms with E-state index in [9.17, 15) is 9.90 Å². The molecule has 1 amide bonds. The Morgan fingerprint density at radius 3 is 2.77 bits per heavy atom. The SMILES string of the molecule is Cc1ccc([C@H](O)CNC(=O)COc2ccc(Cl)cc2Cl)o1. The number of nitrogens with one attached hydrogen (secondary N) is 1. The van der Waals surface area contributed by atoms with Gasteiger partial charge in [0.15, 0.2) is 6.61 Å². The summed E-state index contributed by atoms with van der Waals surface area (Å²) in [6, 6.07) is 8.13. The van der Waals surface area contributed by atoms with Crippen LogP contribution in [-0.4, -0.2) is 24.2 Å². The number of rotatable bonds is 6. The lowest BCUT2D eigenvalue weighted by molar-refractivity contribution is -0.123. The van der Waals surface area contributed by atoms with E-state index < -0.39 is 6.10 Å². The summed E-state index contributed by atoms with van der Waals surface area (Å²) in [7, 11) is 0. The Labute approximate surface area is 137 Å². The average Bonchev–Trinajstić information content (AvgIpc) is 2.90. The number of furan rings is 1. The van der Waals surface area contributed by atoms with Crippen molar-refractivity contribution in [3.8, 4) is 5.75 Å². The second kappa shape index (κ2) is 7.54. The van der Waals surface area contributed by atoms with Gasteiger partial charge in [-0.2, -0.15) is 0 Å². The molecule has 2 N–H and O–H groups in total. The first-order valence-corrected chi connectivity index (χ1v) is 7.30. The van der Waals surface area contributed by atoms with E-state index in [1.165, 1.54) is 6.07 Å². The molecular weight excluding hydrogens is 329 g/mol. The first-order chi connectivity index (χ1) is 10.5. The van der Waals surface area contributed by atoms with Gasteiger partial charge in [-0.15, -0.1) is 0 Å². The molecule has 1 atom stereocenters. The first-order valence-electron chi connectivity index (χ1n) is 6.54. The number of aryl methyl sites for hydroxylation is 1. The zero-order chi connectivity index (χ0) is 16.1. The minimum Gasteiger partial charge on any atom is -0.482 e. The Balaban J connectivity index is 1.78. The lowest BCUT2D eigenvalue weighted by Crippen LogP contribution is -2.32. The molecule has 0 bridgehead atoms. The number of ether oxygens (including phenoxy) is 1. The largest absolute Gasteiger partial charge is 0.482 e. The quantitative estimate of drug-likeness (QED) is 0.845. The van der Waals surface area contributed by atoms with E-state index in [-0.39, 0.29) is 19.1 Å². The Kier molecular flexibility index (Phi) is 5.71. The summed E-state index contributed by atoms with van der Waals surface area (Å²) in [6.45, 7) is 1.59. The zero-order valence-corrected chi connectivity index (χ0v) is 13.3. The van der Waals surface area contributed by atoms with Gasteiger partial charge in [0.2, 0.25) is 0 Å². The fourth-order valence-electron chi connectivity index (χ4n) is 1.73. The summed E-state index contributed by atoms with van der Waals surface area (Å²) >= 11 is 11.7. The van der Waals surface area contributed by atoms with E-state index in [1.54, 1.807) is 31.2 Å². The van der Waals surface area contributed by atoms with E-state index in [1.807, 2.05) is 0 Å². The van der Waals surface area contributed by atoms with Crippen molar-refractivity contribution in [1.29, 1.82) is 0 Å². The van der Waals surface area contributed by atoms with Crippen LogP contribution in [0.15, 0.2) is 34.7 Å². The van der Waals surface area contributed by atoms with Crippen LogP contribution in [0.3, 0.4) is 0 Å². The third-order valence-corrected chi connectivity index (χ3v) is 3.37. The molecule has 118 valence electrons. The summed E-state index contributed by atoms with van der Waals surface area (Å²) < 4.78 is 10.6. The topological polar surface area (TPSA) is 71.7 Å². The predicted octanol–water partition coefficient (Wildman–Crippen LogP) is 3.12. The monoisotopic (exact) mass is 343 g/mol. The predicted molar refractivity (Wildman–Crippen MR) is 83.4 cm³/mol. The molecule has 0 saturated carbocycles. The third-order valence-electron chi connectivity index (χ3n) is 2.83. The van der Waals surface area contributed by atoms with Crippen LogP contribution in [0.5, 0.6) is 5.75 Å². The molecule has 0 aliphatic heterocycles. The van der Waals surface area contributed by atoms with Crippen LogP contribution >= 0.6 is 23.2 Å². The van der Waals surface area contributed by atoms with Gasteiger partial charge in [0.05, 0.1) is 11.6 Å². The lowest BCUT2D eigenvalue weighted by Gasteiger charge is -2.11. The molecule has 7 heteroatoms. The number of benzene rings is 1. The minimum atomic E-state index is -0.906. The molecule has 0 spiro atoms. The number of hydrogen-bond donors (Lipinski definition) is 2. The molecule has 1 aromatic carbocycles.